The number of H-pyrrole nitrogens is 1. The molecule has 4 aromatic rings. The first kappa shape index (κ1) is 24.1. The van der Waals surface area contributed by atoms with Crippen LogP contribution in [0.3, 0.4) is 0 Å². The minimum Gasteiger partial charge on any atom is -0.454 e. The number of ether oxygens (including phenoxy) is 2. The summed E-state index contributed by atoms with van der Waals surface area (Å²) in [7, 11) is 0. The zero-order chi connectivity index (χ0) is 25.9. The maximum Gasteiger partial charge on any atom is 0.248 e. The molecule has 7 nitrogen and oxygen atoms in total. The van der Waals surface area contributed by atoms with Crippen molar-refractivity contribution in [1.82, 2.24) is 10.3 Å². The van der Waals surface area contributed by atoms with E-state index in [2.05, 4.69) is 10.3 Å². The molecule has 1 aromatic heterocycles. The lowest BCUT2D eigenvalue weighted by Crippen LogP contribution is -2.47. The van der Waals surface area contributed by atoms with Crippen LogP contribution in [0.2, 0.25) is 0 Å². The molecular formula is C31H31N3O4. The molecule has 194 valence electrons. The summed E-state index contributed by atoms with van der Waals surface area (Å²) >= 11 is 0. The molecule has 1 saturated carbocycles. The summed E-state index contributed by atoms with van der Waals surface area (Å²) in [5, 5.41) is 4.26. The fourth-order valence-corrected chi connectivity index (χ4v) is 5.58. The third-order valence-electron chi connectivity index (χ3n) is 7.49. The zero-order valence-corrected chi connectivity index (χ0v) is 21.2. The number of hydrogen-bond donors (Lipinski definition) is 2. The summed E-state index contributed by atoms with van der Waals surface area (Å²) < 4.78 is 11.1. The summed E-state index contributed by atoms with van der Waals surface area (Å²) in [5.41, 5.74) is 3.20. The number of amides is 2. The van der Waals surface area contributed by atoms with Crippen molar-refractivity contribution in [1.29, 1.82) is 0 Å². The SMILES string of the molecule is O=C(NC1CCCCC1)[C@H](c1ccccc1)N(C(=O)Cc1c[nH]c2ccccc12)c1ccc2c(c1)OCO2. The number of aromatic amines is 1. The van der Waals surface area contributed by atoms with Crippen LogP contribution in [0.5, 0.6) is 11.5 Å². The van der Waals surface area contributed by atoms with E-state index >= 15 is 0 Å². The van der Waals surface area contributed by atoms with E-state index in [9.17, 15) is 9.59 Å². The molecule has 3 aromatic carbocycles. The Bertz CT molecular complexity index is 1440. The van der Waals surface area contributed by atoms with Gasteiger partial charge in [-0.1, -0.05) is 67.8 Å². The summed E-state index contributed by atoms with van der Waals surface area (Å²) in [6.07, 6.45) is 7.33. The number of benzene rings is 3. The average molecular weight is 510 g/mol. The molecule has 6 rings (SSSR count). The number of para-hydroxylation sites is 1. The predicted molar refractivity (Wildman–Crippen MR) is 146 cm³/mol. The van der Waals surface area contributed by atoms with E-state index in [1.807, 2.05) is 66.9 Å². The van der Waals surface area contributed by atoms with Gasteiger partial charge in [-0.2, -0.15) is 0 Å². The second-order valence-electron chi connectivity index (χ2n) is 9.99. The van der Waals surface area contributed by atoms with Gasteiger partial charge in [0.1, 0.15) is 6.04 Å². The van der Waals surface area contributed by atoms with Gasteiger partial charge in [0.2, 0.25) is 18.6 Å². The topological polar surface area (TPSA) is 83.7 Å². The van der Waals surface area contributed by atoms with E-state index in [0.717, 1.165) is 47.7 Å². The van der Waals surface area contributed by atoms with Gasteiger partial charge in [-0.15, -0.1) is 0 Å². The van der Waals surface area contributed by atoms with Crippen molar-refractivity contribution in [3.05, 3.63) is 90.1 Å². The Morgan fingerprint density at radius 1 is 0.921 bits per heavy atom. The smallest absolute Gasteiger partial charge is 0.248 e. The van der Waals surface area contributed by atoms with E-state index in [1.54, 1.807) is 17.0 Å². The summed E-state index contributed by atoms with van der Waals surface area (Å²) in [6.45, 7) is 0.131. The van der Waals surface area contributed by atoms with Gasteiger partial charge < -0.3 is 19.8 Å². The van der Waals surface area contributed by atoms with Crippen molar-refractivity contribution >= 4 is 28.4 Å². The monoisotopic (exact) mass is 509 g/mol. The molecule has 38 heavy (non-hydrogen) atoms. The normalized spacial score (nSPS) is 15.8. The number of carbonyl (C=O) groups is 2. The van der Waals surface area contributed by atoms with Crippen LogP contribution in [0.1, 0.15) is 49.3 Å². The number of hydrogen-bond acceptors (Lipinski definition) is 4. The maximum absolute atomic E-state index is 14.2. The molecule has 0 radical (unpaired) electrons. The highest BCUT2D eigenvalue weighted by molar-refractivity contribution is 6.03. The van der Waals surface area contributed by atoms with Crippen molar-refractivity contribution in [3.8, 4) is 11.5 Å². The minimum absolute atomic E-state index is 0.116. The number of aromatic nitrogens is 1. The standard InChI is InChI=1S/C31H31N3O4/c35-29(17-22-19-32-26-14-8-7-13-25(22)26)34(24-15-16-27-28(18-24)38-20-37-27)30(21-9-3-1-4-10-21)31(36)33-23-11-5-2-6-12-23/h1,3-4,7-10,13-16,18-19,23,30,32H,2,5-6,11-12,17,20H2,(H,33,36)/t30-/m0/s1. The molecule has 0 spiro atoms. The van der Waals surface area contributed by atoms with Gasteiger partial charge in [0.25, 0.3) is 0 Å². The first-order chi connectivity index (χ1) is 18.7. The van der Waals surface area contributed by atoms with Crippen LogP contribution in [0.15, 0.2) is 79.0 Å². The Morgan fingerprint density at radius 2 is 1.68 bits per heavy atom. The molecule has 0 bridgehead atoms. The summed E-state index contributed by atoms with van der Waals surface area (Å²) in [6, 6.07) is 22.1. The first-order valence-electron chi connectivity index (χ1n) is 13.3. The van der Waals surface area contributed by atoms with Gasteiger partial charge in [-0.3, -0.25) is 14.5 Å². The minimum atomic E-state index is -0.837. The van der Waals surface area contributed by atoms with E-state index < -0.39 is 6.04 Å². The van der Waals surface area contributed by atoms with Gasteiger partial charge in [0.05, 0.1) is 6.42 Å². The highest BCUT2D eigenvalue weighted by atomic mass is 16.7. The fourth-order valence-electron chi connectivity index (χ4n) is 5.58. The molecule has 2 N–H and O–H groups in total. The van der Waals surface area contributed by atoms with Crippen LogP contribution >= 0.6 is 0 Å². The van der Waals surface area contributed by atoms with Gasteiger partial charge in [0, 0.05) is 34.9 Å². The van der Waals surface area contributed by atoms with E-state index in [4.69, 9.17) is 9.47 Å². The number of rotatable bonds is 7. The lowest BCUT2D eigenvalue weighted by atomic mass is 9.94. The number of carbonyl (C=O) groups excluding carboxylic acids is 2. The number of nitrogens with zero attached hydrogens (tertiary/aromatic N) is 1. The molecule has 0 saturated heterocycles. The maximum atomic E-state index is 14.2. The Kier molecular flexibility index (Phi) is 6.73. The third-order valence-corrected chi connectivity index (χ3v) is 7.49. The van der Waals surface area contributed by atoms with Crippen LogP contribution in [-0.2, 0) is 16.0 Å². The molecule has 1 aliphatic carbocycles. The van der Waals surface area contributed by atoms with Crippen molar-refractivity contribution < 1.29 is 19.1 Å². The van der Waals surface area contributed by atoms with E-state index in [0.29, 0.717) is 17.2 Å². The fraction of sp³-hybridized carbons (Fsp3) is 0.290. The molecule has 1 aliphatic heterocycles. The highest BCUT2D eigenvalue weighted by Crippen LogP contribution is 2.38. The highest BCUT2D eigenvalue weighted by Gasteiger charge is 2.35. The number of nitrogens with one attached hydrogen (secondary N) is 2. The largest absolute Gasteiger partial charge is 0.454 e. The summed E-state index contributed by atoms with van der Waals surface area (Å²) in [4.78, 5) is 33.1. The third kappa shape index (κ3) is 4.84. The Labute approximate surface area is 221 Å². The van der Waals surface area contributed by atoms with Crippen LogP contribution in [0.25, 0.3) is 10.9 Å². The van der Waals surface area contributed by atoms with Crippen molar-refractivity contribution in [3.63, 3.8) is 0 Å². The molecule has 2 amide bonds. The second-order valence-corrected chi connectivity index (χ2v) is 9.99. The van der Waals surface area contributed by atoms with E-state index in [-0.39, 0.29) is 31.1 Å². The second kappa shape index (κ2) is 10.6. The Hall–Kier alpha value is -4.26. The Balaban J connectivity index is 1.41. The van der Waals surface area contributed by atoms with Gasteiger partial charge >= 0.3 is 0 Å². The lowest BCUT2D eigenvalue weighted by molar-refractivity contribution is -0.127. The van der Waals surface area contributed by atoms with Crippen molar-refractivity contribution in [2.45, 2.75) is 50.6 Å². The molecule has 7 heteroatoms. The molecule has 2 heterocycles. The molecule has 0 unspecified atom stereocenters. The molecule has 1 fully saturated rings. The van der Waals surface area contributed by atoms with Crippen LogP contribution in [0, 0.1) is 0 Å². The van der Waals surface area contributed by atoms with Gasteiger partial charge in [-0.25, -0.2) is 0 Å². The van der Waals surface area contributed by atoms with Gasteiger partial charge in [-0.05, 0) is 42.2 Å². The Morgan fingerprint density at radius 3 is 2.53 bits per heavy atom. The van der Waals surface area contributed by atoms with Crippen LogP contribution < -0.4 is 19.7 Å². The molecule has 1 atom stereocenters. The van der Waals surface area contributed by atoms with Crippen molar-refractivity contribution in [2.24, 2.45) is 0 Å². The lowest BCUT2D eigenvalue weighted by Gasteiger charge is -2.33. The van der Waals surface area contributed by atoms with Gasteiger partial charge in [0.15, 0.2) is 11.5 Å². The first-order valence-corrected chi connectivity index (χ1v) is 13.3. The van der Waals surface area contributed by atoms with Crippen LogP contribution in [0.4, 0.5) is 5.69 Å². The quantitative estimate of drug-likeness (QED) is 0.337. The number of fused-ring (bicyclic) bond motifs is 2. The molecule has 2 aliphatic rings. The predicted octanol–water partition coefficient (Wildman–Crippen LogP) is 5.66. The summed E-state index contributed by atoms with van der Waals surface area (Å²) in [5.74, 6) is 0.835. The van der Waals surface area contributed by atoms with E-state index in [1.165, 1.54) is 6.42 Å². The van der Waals surface area contributed by atoms with Crippen molar-refractivity contribution in [2.75, 3.05) is 11.7 Å². The number of anilines is 1. The molecular weight excluding hydrogens is 478 g/mol. The van der Waals surface area contributed by atoms with Crippen LogP contribution in [-0.4, -0.2) is 29.6 Å². The zero-order valence-electron chi connectivity index (χ0n) is 21.2. The average Bonchev–Trinajstić information content (AvgIpc) is 3.59.